The Balaban J connectivity index is 1.18. The van der Waals surface area contributed by atoms with Crippen LogP contribution >= 0.6 is 0 Å². The summed E-state index contributed by atoms with van der Waals surface area (Å²) in [5.74, 6) is 1.69. The lowest BCUT2D eigenvalue weighted by Crippen LogP contribution is -2.32. The van der Waals surface area contributed by atoms with Crippen molar-refractivity contribution < 1.29 is 9.53 Å². The van der Waals surface area contributed by atoms with Gasteiger partial charge in [-0.1, -0.05) is 48.5 Å². The summed E-state index contributed by atoms with van der Waals surface area (Å²) in [6.07, 6.45) is 3.41. The molecule has 0 saturated carbocycles. The van der Waals surface area contributed by atoms with Gasteiger partial charge in [-0.3, -0.25) is 9.69 Å². The first-order chi connectivity index (χ1) is 16.6. The average molecular weight is 455 g/mol. The number of hydrogen-bond donors (Lipinski definition) is 0. The molecule has 3 aromatic carbocycles. The molecule has 0 atom stereocenters. The molecule has 2 aliphatic rings. The average Bonchev–Trinajstić information content (AvgIpc) is 3.29. The molecule has 3 aromatic rings. The molecule has 1 amide bonds. The number of anilines is 1. The lowest BCUT2D eigenvalue weighted by molar-refractivity contribution is 0.0989. The van der Waals surface area contributed by atoms with Crippen molar-refractivity contribution in [2.24, 2.45) is 0 Å². The van der Waals surface area contributed by atoms with Crippen molar-refractivity contribution in [1.29, 1.82) is 0 Å². The molecule has 0 aliphatic carbocycles. The summed E-state index contributed by atoms with van der Waals surface area (Å²) >= 11 is 0. The maximum Gasteiger partial charge on any atom is 0.258 e. The number of amides is 1. The van der Waals surface area contributed by atoms with Crippen molar-refractivity contribution in [2.45, 2.75) is 51.7 Å². The van der Waals surface area contributed by atoms with E-state index < -0.39 is 0 Å². The van der Waals surface area contributed by atoms with Crippen LogP contribution in [0.1, 0.15) is 59.7 Å². The molecular weight excluding hydrogens is 420 g/mol. The number of carbonyl (C=O) groups is 1. The highest BCUT2D eigenvalue weighted by molar-refractivity contribution is 6.07. The fourth-order valence-electron chi connectivity index (χ4n) is 5.30. The van der Waals surface area contributed by atoms with Gasteiger partial charge in [-0.2, -0.15) is 0 Å². The van der Waals surface area contributed by atoms with Crippen LogP contribution in [0.25, 0.3) is 0 Å². The van der Waals surface area contributed by atoms with E-state index in [0.717, 1.165) is 62.4 Å². The van der Waals surface area contributed by atoms with E-state index in [1.807, 2.05) is 35.2 Å². The number of hydrogen-bond acceptors (Lipinski definition) is 3. The summed E-state index contributed by atoms with van der Waals surface area (Å²) in [6.45, 7) is 8.01. The van der Waals surface area contributed by atoms with Crippen molar-refractivity contribution in [3.63, 3.8) is 0 Å². The highest BCUT2D eigenvalue weighted by Crippen LogP contribution is 2.35. The Morgan fingerprint density at radius 1 is 0.912 bits per heavy atom. The molecule has 176 valence electrons. The van der Waals surface area contributed by atoms with Crippen LogP contribution in [0.15, 0.2) is 72.8 Å². The maximum atomic E-state index is 13.1. The summed E-state index contributed by atoms with van der Waals surface area (Å²) in [5.41, 5.74) is 5.69. The Labute approximate surface area is 203 Å². The minimum absolute atomic E-state index is 0.0968. The largest absolute Gasteiger partial charge is 0.491 e. The molecule has 4 heteroatoms. The molecule has 4 nitrogen and oxygen atoms in total. The van der Waals surface area contributed by atoms with Gasteiger partial charge in [0.1, 0.15) is 5.75 Å². The van der Waals surface area contributed by atoms with Crippen molar-refractivity contribution in [2.75, 3.05) is 24.5 Å². The number of carbonyl (C=O) groups excluding carboxylic acids is 1. The fraction of sp³-hybridized carbons (Fsp3) is 0.367. The number of fused-ring (bicyclic) bond motifs is 1. The molecule has 0 aromatic heterocycles. The molecule has 1 fully saturated rings. The van der Waals surface area contributed by atoms with Gasteiger partial charge in [-0.25, -0.2) is 0 Å². The van der Waals surface area contributed by atoms with Gasteiger partial charge in [0.15, 0.2) is 0 Å². The minimum atomic E-state index is 0.0968. The van der Waals surface area contributed by atoms with Gasteiger partial charge in [0, 0.05) is 24.3 Å². The highest BCUT2D eigenvalue weighted by atomic mass is 16.5. The first-order valence-electron chi connectivity index (χ1n) is 12.5. The number of para-hydroxylation sites is 2. The lowest BCUT2D eigenvalue weighted by Gasteiger charge is -2.33. The number of piperidine rings is 1. The molecule has 0 unspecified atom stereocenters. The van der Waals surface area contributed by atoms with Crippen LogP contribution in [0.3, 0.4) is 0 Å². The standard InChI is InChI=1S/C30H34N2O2/c1-22(2)34-29-10-6-4-8-27(29)24-15-18-31(19-16-24)21-23-11-13-26(14-12-23)30(33)32-20-17-25-7-3-5-9-28(25)32/h3-14,22,24H,15-21H2,1-2H3. The maximum absolute atomic E-state index is 13.1. The topological polar surface area (TPSA) is 32.8 Å². The van der Waals surface area contributed by atoms with Crippen LogP contribution in [-0.4, -0.2) is 36.5 Å². The smallest absolute Gasteiger partial charge is 0.258 e. The highest BCUT2D eigenvalue weighted by Gasteiger charge is 2.26. The van der Waals surface area contributed by atoms with E-state index in [1.165, 1.54) is 16.7 Å². The third-order valence-corrected chi connectivity index (χ3v) is 7.05. The van der Waals surface area contributed by atoms with E-state index in [9.17, 15) is 4.79 Å². The van der Waals surface area contributed by atoms with Crippen LogP contribution in [0, 0.1) is 0 Å². The summed E-state index contributed by atoms with van der Waals surface area (Å²) in [7, 11) is 0. The van der Waals surface area contributed by atoms with Crippen molar-refractivity contribution in [1.82, 2.24) is 4.90 Å². The zero-order valence-corrected chi connectivity index (χ0v) is 20.2. The van der Waals surface area contributed by atoms with Crippen LogP contribution in [0.5, 0.6) is 5.75 Å². The van der Waals surface area contributed by atoms with E-state index >= 15 is 0 Å². The normalized spacial score (nSPS) is 16.6. The van der Waals surface area contributed by atoms with Crippen LogP contribution in [0.4, 0.5) is 5.69 Å². The Morgan fingerprint density at radius 3 is 2.38 bits per heavy atom. The Morgan fingerprint density at radius 2 is 1.62 bits per heavy atom. The summed E-state index contributed by atoms with van der Waals surface area (Å²) in [5, 5.41) is 0. The number of nitrogens with zero attached hydrogens (tertiary/aromatic N) is 2. The van der Waals surface area contributed by atoms with Gasteiger partial charge in [-0.15, -0.1) is 0 Å². The minimum Gasteiger partial charge on any atom is -0.491 e. The second-order valence-corrected chi connectivity index (χ2v) is 9.79. The van der Waals surface area contributed by atoms with E-state index in [2.05, 4.69) is 61.2 Å². The van der Waals surface area contributed by atoms with Gasteiger partial charge >= 0.3 is 0 Å². The SMILES string of the molecule is CC(C)Oc1ccccc1C1CCN(Cc2ccc(C(=O)N3CCc4ccccc43)cc2)CC1. The lowest BCUT2D eigenvalue weighted by atomic mass is 9.88. The van der Waals surface area contributed by atoms with Crippen molar-refractivity contribution in [3.8, 4) is 5.75 Å². The van der Waals surface area contributed by atoms with Gasteiger partial charge < -0.3 is 9.64 Å². The Hall–Kier alpha value is -3.11. The van der Waals surface area contributed by atoms with Gasteiger partial charge in [0.25, 0.3) is 5.91 Å². The molecule has 0 N–H and O–H groups in total. The first kappa shape index (κ1) is 22.7. The Kier molecular flexibility index (Phi) is 6.68. The second-order valence-electron chi connectivity index (χ2n) is 9.79. The first-order valence-corrected chi connectivity index (χ1v) is 12.5. The zero-order chi connectivity index (χ0) is 23.5. The summed E-state index contributed by atoms with van der Waals surface area (Å²) in [6, 6.07) is 24.9. The predicted octanol–water partition coefficient (Wildman–Crippen LogP) is 6.06. The molecule has 2 heterocycles. The van der Waals surface area contributed by atoms with Gasteiger partial charge in [0.05, 0.1) is 6.10 Å². The second kappa shape index (κ2) is 10.0. The van der Waals surface area contributed by atoms with Crippen molar-refractivity contribution in [3.05, 3.63) is 95.1 Å². The third-order valence-electron chi connectivity index (χ3n) is 7.05. The number of rotatable bonds is 6. The predicted molar refractivity (Wildman–Crippen MR) is 138 cm³/mol. The summed E-state index contributed by atoms with van der Waals surface area (Å²) < 4.78 is 6.06. The third kappa shape index (κ3) is 4.88. The molecule has 0 bridgehead atoms. The molecular formula is C30H34N2O2. The number of likely N-dealkylation sites (tertiary alicyclic amines) is 1. The Bertz CT molecular complexity index is 1130. The fourth-order valence-corrected chi connectivity index (χ4v) is 5.30. The molecule has 34 heavy (non-hydrogen) atoms. The molecule has 0 spiro atoms. The molecule has 1 saturated heterocycles. The molecule has 2 aliphatic heterocycles. The van der Waals surface area contributed by atoms with Crippen LogP contribution in [-0.2, 0) is 13.0 Å². The molecule has 0 radical (unpaired) electrons. The van der Waals surface area contributed by atoms with E-state index in [1.54, 1.807) is 0 Å². The summed E-state index contributed by atoms with van der Waals surface area (Å²) in [4.78, 5) is 17.5. The molecule has 5 rings (SSSR count). The number of ether oxygens (including phenoxy) is 1. The monoisotopic (exact) mass is 454 g/mol. The van der Waals surface area contributed by atoms with Crippen LogP contribution in [0.2, 0.25) is 0 Å². The van der Waals surface area contributed by atoms with Crippen molar-refractivity contribution >= 4 is 11.6 Å². The zero-order valence-electron chi connectivity index (χ0n) is 20.2. The van der Waals surface area contributed by atoms with E-state index in [4.69, 9.17) is 4.74 Å². The van der Waals surface area contributed by atoms with Gasteiger partial charge in [-0.05, 0) is 93.1 Å². The van der Waals surface area contributed by atoms with E-state index in [0.29, 0.717) is 5.92 Å². The van der Waals surface area contributed by atoms with Crippen LogP contribution < -0.4 is 9.64 Å². The number of benzene rings is 3. The quantitative estimate of drug-likeness (QED) is 0.454. The van der Waals surface area contributed by atoms with Gasteiger partial charge in [0.2, 0.25) is 0 Å². The van der Waals surface area contributed by atoms with E-state index in [-0.39, 0.29) is 12.0 Å².